The minimum atomic E-state index is -3.73. The van der Waals surface area contributed by atoms with Crippen LogP contribution >= 0.6 is 27.3 Å². The van der Waals surface area contributed by atoms with Gasteiger partial charge in [0.25, 0.3) is 10.0 Å². The quantitative estimate of drug-likeness (QED) is 0.849. The number of halogens is 2. The lowest BCUT2D eigenvalue weighted by molar-refractivity contribution is 0.594. The molecule has 0 atom stereocenters. The Kier molecular flexibility index (Phi) is 5.03. The molecule has 21 heavy (non-hydrogen) atoms. The van der Waals surface area contributed by atoms with Crippen LogP contribution in [0.5, 0.6) is 0 Å². The summed E-state index contributed by atoms with van der Waals surface area (Å²) in [6, 6.07) is 7.11. The predicted molar refractivity (Wildman–Crippen MR) is 86.8 cm³/mol. The molecule has 114 valence electrons. The lowest BCUT2D eigenvalue weighted by Crippen LogP contribution is -2.26. The topological polar surface area (TPSA) is 49.4 Å². The third-order valence-electron chi connectivity index (χ3n) is 2.87. The summed E-state index contributed by atoms with van der Waals surface area (Å²) in [4.78, 5) is 1.08. The van der Waals surface area contributed by atoms with Crippen molar-refractivity contribution in [3.8, 4) is 0 Å². The van der Waals surface area contributed by atoms with Gasteiger partial charge in [0.05, 0.1) is 9.47 Å². The molecule has 8 heteroatoms. The molecule has 0 aliphatic rings. The zero-order valence-electron chi connectivity index (χ0n) is 11.4. The van der Waals surface area contributed by atoms with Gasteiger partial charge in [-0.25, -0.2) is 12.8 Å². The fourth-order valence-electron chi connectivity index (χ4n) is 1.79. The van der Waals surface area contributed by atoms with Crippen molar-refractivity contribution >= 4 is 43.0 Å². The molecule has 2 rings (SSSR count). The van der Waals surface area contributed by atoms with Gasteiger partial charge in [-0.3, -0.25) is 4.31 Å². The molecule has 4 nitrogen and oxygen atoms in total. The minimum absolute atomic E-state index is 0.185. The summed E-state index contributed by atoms with van der Waals surface area (Å²) in [6.45, 7) is 0.586. The van der Waals surface area contributed by atoms with Crippen molar-refractivity contribution in [2.24, 2.45) is 0 Å². The lowest BCUT2D eigenvalue weighted by atomic mass is 10.3. The predicted octanol–water partition coefficient (Wildman–Crippen LogP) is 3.19. The van der Waals surface area contributed by atoms with E-state index in [1.165, 1.54) is 36.6 Å². The van der Waals surface area contributed by atoms with Crippen LogP contribution < -0.4 is 9.62 Å². The first-order valence-corrected chi connectivity index (χ1v) is 9.08. The van der Waals surface area contributed by atoms with Crippen LogP contribution in [0.15, 0.2) is 39.0 Å². The van der Waals surface area contributed by atoms with Gasteiger partial charge in [-0.1, -0.05) is 6.07 Å². The Labute approximate surface area is 135 Å². The van der Waals surface area contributed by atoms with Crippen molar-refractivity contribution in [3.63, 3.8) is 0 Å². The monoisotopic (exact) mass is 392 g/mol. The molecule has 0 spiro atoms. The second kappa shape index (κ2) is 6.43. The molecule has 0 unspecified atom stereocenters. The van der Waals surface area contributed by atoms with Crippen LogP contribution in [0.25, 0.3) is 0 Å². The minimum Gasteiger partial charge on any atom is -0.315 e. The summed E-state index contributed by atoms with van der Waals surface area (Å²) in [6.07, 6.45) is 0. The summed E-state index contributed by atoms with van der Waals surface area (Å²) in [5.74, 6) is -0.477. The van der Waals surface area contributed by atoms with Crippen molar-refractivity contribution in [2.45, 2.75) is 11.4 Å². The number of hydrogen-bond acceptors (Lipinski definition) is 4. The highest BCUT2D eigenvalue weighted by molar-refractivity contribution is 9.11. The van der Waals surface area contributed by atoms with E-state index in [0.717, 1.165) is 9.18 Å². The van der Waals surface area contributed by atoms with Gasteiger partial charge < -0.3 is 5.32 Å². The third kappa shape index (κ3) is 3.45. The average Bonchev–Trinajstić information content (AvgIpc) is 2.80. The average molecular weight is 393 g/mol. The van der Waals surface area contributed by atoms with Crippen molar-refractivity contribution in [2.75, 3.05) is 18.4 Å². The lowest BCUT2D eigenvalue weighted by Gasteiger charge is -2.19. The summed E-state index contributed by atoms with van der Waals surface area (Å²) < 4.78 is 40.2. The number of nitrogens with one attached hydrogen (secondary N) is 1. The van der Waals surface area contributed by atoms with Crippen molar-refractivity contribution in [1.82, 2.24) is 5.32 Å². The first-order valence-electron chi connectivity index (χ1n) is 6.03. The van der Waals surface area contributed by atoms with E-state index in [1.54, 1.807) is 19.2 Å². The van der Waals surface area contributed by atoms with Gasteiger partial charge >= 0.3 is 0 Å². The van der Waals surface area contributed by atoms with Gasteiger partial charge in [-0.05, 0) is 47.2 Å². The van der Waals surface area contributed by atoms with Gasteiger partial charge in [0.1, 0.15) is 10.7 Å². The first-order chi connectivity index (χ1) is 9.86. The fourth-order valence-corrected chi connectivity index (χ4v) is 5.62. The van der Waals surface area contributed by atoms with Gasteiger partial charge in [0.2, 0.25) is 0 Å². The molecular formula is C13H14BrFN2O2S2. The van der Waals surface area contributed by atoms with E-state index < -0.39 is 15.8 Å². The maximum atomic E-state index is 13.3. The Morgan fingerprint density at radius 3 is 2.71 bits per heavy atom. The molecule has 0 saturated heterocycles. The van der Waals surface area contributed by atoms with Gasteiger partial charge in [-0.2, -0.15) is 0 Å². The van der Waals surface area contributed by atoms with Crippen molar-refractivity contribution in [3.05, 3.63) is 44.8 Å². The van der Waals surface area contributed by atoms with Gasteiger partial charge in [-0.15, -0.1) is 11.3 Å². The zero-order valence-corrected chi connectivity index (χ0v) is 14.6. The van der Waals surface area contributed by atoms with E-state index in [-0.39, 0.29) is 10.6 Å². The summed E-state index contributed by atoms with van der Waals surface area (Å²) in [5, 5.41) is 2.98. The number of thiophene rings is 1. The van der Waals surface area contributed by atoms with Crippen LogP contribution in [0, 0.1) is 5.82 Å². The maximum absolute atomic E-state index is 13.3. The molecule has 0 radical (unpaired) electrons. The molecule has 0 fully saturated rings. The second-order valence-electron chi connectivity index (χ2n) is 4.33. The normalized spacial score (nSPS) is 11.6. The fraction of sp³-hybridized carbons (Fsp3) is 0.231. The molecule has 1 aromatic carbocycles. The van der Waals surface area contributed by atoms with Crippen molar-refractivity contribution < 1.29 is 12.8 Å². The molecular weight excluding hydrogens is 379 g/mol. The van der Waals surface area contributed by atoms with E-state index in [0.29, 0.717) is 10.3 Å². The molecule has 0 aliphatic heterocycles. The SMILES string of the molecule is CNCc1cc(S(=O)(=O)N(C)c2cccc(F)c2)c(Br)s1. The van der Waals surface area contributed by atoms with Crippen LogP contribution in [-0.4, -0.2) is 22.5 Å². The number of sulfonamides is 1. The molecule has 0 aliphatic carbocycles. The highest BCUT2D eigenvalue weighted by Crippen LogP contribution is 2.34. The Morgan fingerprint density at radius 1 is 1.38 bits per heavy atom. The Balaban J connectivity index is 2.42. The van der Waals surface area contributed by atoms with Crippen LogP contribution in [0.3, 0.4) is 0 Å². The smallest absolute Gasteiger partial charge is 0.266 e. The molecule has 0 amide bonds. The van der Waals surface area contributed by atoms with E-state index in [2.05, 4.69) is 21.2 Å². The van der Waals surface area contributed by atoms with E-state index >= 15 is 0 Å². The van der Waals surface area contributed by atoms with Gasteiger partial charge in [0.15, 0.2) is 0 Å². The highest BCUT2D eigenvalue weighted by atomic mass is 79.9. The van der Waals surface area contributed by atoms with E-state index in [9.17, 15) is 12.8 Å². The summed E-state index contributed by atoms with van der Waals surface area (Å²) in [7, 11) is -0.533. The Morgan fingerprint density at radius 2 is 2.10 bits per heavy atom. The zero-order chi connectivity index (χ0) is 15.6. The Hall–Kier alpha value is -0.960. The van der Waals surface area contributed by atoms with E-state index in [4.69, 9.17) is 0 Å². The van der Waals surface area contributed by atoms with Crippen LogP contribution in [0.1, 0.15) is 4.88 Å². The molecule has 1 N–H and O–H groups in total. The number of rotatable bonds is 5. The first kappa shape index (κ1) is 16.4. The standard InChI is InChI=1S/C13H14BrFN2O2S2/c1-16-8-11-7-12(13(14)20-11)21(18,19)17(2)10-5-3-4-9(15)6-10/h3-7,16H,8H2,1-2H3. The second-order valence-corrected chi connectivity index (χ2v) is 8.73. The van der Waals surface area contributed by atoms with Crippen LogP contribution in [0.2, 0.25) is 0 Å². The van der Waals surface area contributed by atoms with E-state index in [1.807, 2.05) is 0 Å². The number of benzene rings is 1. The summed E-state index contributed by atoms with van der Waals surface area (Å²) in [5.41, 5.74) is 0.281. The van der Waals surface area contributed by atoms with Crippen LogP contribution in [0.4, 0.5) is 10.1 Å². The maximum Gasteiger partial charge on any atom is 0.266 e. The largest absolute Gasteiger partial charge is 0.315 e. The van der Waals surface area contributed by atoms with Crippen LogP contribution in [-0.2, 0) is 16.6 Å². The molecule has 0 saturated carbocycles. The number of hydrogen-bond donors (Lipinski definition) is 1. The molecule has 2 aromatic rings. The third-order valence-corrected chi connectivity index (χ3v) is 6.91. The summed E-state index contributed by atoms with van der Waals surface area (Å²) >= 11 is 4.64. The molecule has 0 bridgehead atoms. The van der Waals surface area contributed by atoms with Crippen molar-refractivity contribution in [1.29, 1.82) is 0 Å². The molecule has 1 aromatic heterocycles. The highest BCUT2D eigenvalue weighted by Gasteiger charge is 2.26. The Bertz CT molecular complexity index is 746. The number of anilines is 1. The number of nitrogens with zero attached hydrogens (tertiary/aromatic N) is 1. The molecule has 1 heterocycles. The van der Waals surface area contributed by atoms with Gasteiger partial charge in [0, 0.05) is 18.5 Å².